The molecule has 0 atom stereocenters. The molecule has 2 rings (SSSR count). The van der Waals surface area contributed by atoms with Crippen LogP contribution in [0.4, 0.5) is 0 Å². The second-order valence-corrected chi connectivity index (χ2v) is 5.89. The van der Waals surface area contributed by atoms with Crippen LogP contribution in [0.3, 0.4) is 0 Å². The van der Waals surface area contributed by atoms with Gasteiger partial charge in [-0.25, -0.2) is 4.99 Å². The molecule has 28 heavy (non-hydrogen) atoms. The number of nitrogens with zero attached hydrogens (tertiary/aromatic N) is 4. The molecule has 8 nitrogen and oxygen atoms in total. The summed E-state index contributed by atoms with van der Waals surface area (Å²) in [4.78, 5) is 4.64. The number of hydrogen-bond donors (Lipinski definition) is 2. The molecule has 1 aromatic carbocycles. The minimum absolute atomic E-state index is 0.191. The summed E-state index contributed by atoms with van der Waals surface area (Å²) < 4.78 is 12.9. The van der Waals surface area contributed by atoms with Crippen molar-refractivity contribution in [3.8, 4) is 23.8 Å². The number of terminal acetylenes is 1. The van der Waals surface area contributed by atoms with Crippen LogP contribution in [0.25, 0.3) is 0 Å². The monoisotopic (exact) mass is 384 g/mol. The molecule has 0 radical (unpaired) electrons. The van der Waals surface area contributed by atoms with E-state index in [9.17, 15) is 0 Å². The van der Waals surface area contributed by atoms with Crippen molar-refractivity contribution in [3.63, 3.8) is 0 Å². The number of ether oxygens (including phenoxy) is 2. The Morgan fingerprint density at radius 2 is 2.14 bits per heavy atom. The third-order valence-corrected chi connectivity index (χ3v) is 3.96. The maximum absolute atomic E-state index is 5.54. The number of benzene rings is 1. The summed E-state index contributed by atoms with van der Waals surface area (Å²) in [5.41, 5.74) is 0.997. The molecule has 150 valence electrons. The van der Waals surface area contributed by atoms with Gasteiger partial charge in [-0.05, 0) is 24.6 Å². The molecule has 2 N–H and O–H groups in total. The molecule has 0 fully saturated rings. The van der Waals surface area contributed by atoms with Crippen molar-refractivity contribution < 1.29 is 9.47 Å². The summed E-state index contributed by atoms with van der Waals surface area (Å²) in [6.45, 7) is 7.05. The molecule has 1 aromatic heterocycles. The Labute approximate surface area is 166 Å². The second kappa shape index (κ2) is 11.5. The zero-order chi connectivity index (χ0) is 20.2. The van der Waals surface area contributed by atoms with E-state index in [1.54, 1.807) is 13.4 Å². The van der Waals surface area contributed by atoms with Gasteiger partial charge in [0.15, 0.2) is 17.5 Å². The van der Waals surface area contributed by atoms with Crippen LogP contribution in [-0.4, -0.2) is 47.5 Å². The topological polar surface area (TPSA) is 85.6 Å². The quantitative estimate of drug-likeness (QED) is 0.368. The number of guanidine groups is 1. The zero-order valence-corrected chi connectivity index (χ0v) is 16.7. The second-order valence-electron chi connectivity index (χ2n) is 5.89. The van der Waals surface area contributed by atoms with Gasteiger partial charge in [-0.15, -0.1) is 16.6 Å². The molecule has 0 saturated carbocycles. The van der Waals surface area contributed by atoms with E-state index in [0.29, 0.717) is 18.0 Å². The van der Waals surface area contributed by atoms with E-state index in [4.69, 9.17) is 15.9 Å². The predicted octanol–water partition coefficient (Wildman–Crippen LogP) is 1.62. The molecular formula is C20H28N6O2. The first-order valence-corrected chi connectivity index (χ1v) is 9.33. The fraction of sp³-hybridized carbons (Fsp3) is 0.450. The first-order valence-electron chi connectivity index (χ1n) is 9.33. The van der Waals surface area contributed by atoms with E-state index in [1.165, 1.54) is 0 Å². The average Bonchev–Trinajstić information content (AvgIpc) is 3.18. The fourth-order valence-electron chi connectivity index (χ4n) is 2.60. The van der Waals surface area contributed by atoms with Crippen molar-refractivity contribution in [1.82, 2.24) is 25.4 Å². The van der Waals surface area contributed by atoms with Gasteiger partial charge in [0.05, 0.1) is 13.7 Å². The van der Waals surface area contributed by atoms with Crippen molar-refractivity contribution in [3.05, 3.63) is 35.9 Å². The Balaban J connectivity index is 1.98. The van der Waals surface area contributed by atoms with E-state index < -0.39 is 0 Å². The van der Waals surface area contributed by atoms with Crippen molar-refractivity contribution in [2.45, 2.75) is 33.4 Å². The van der Waals surface area contributed by atoms with E-state index >= 15 is 0 Å². The van der Waals surface area contributed by atoms with Crippen LogP contribution in [0.2, 0.25) is 0 Å². The minimum Gasteiger partial charge on any atom is -0.493 e. The standard InChI is InChI=1S/C20H28N6O2/c1-5-12-28-18-13-16(8-9-17(18)27-4)14-23-20(21-7-3)22-10-11-26-15-24-25-19(26)6-2/h1,8-9,13,15H,6-7,10-12,14H2,2-4H3,(H2,21,22,23). The van der Waals surface area contributed by atoms with Gasteiger partial charge in [-0.3, -0.25) is 0 Å². The van der Waals surface area contributed by atoms with Crippen LogP contribution < -0.4 is 20.1 Å². The van der Waals surface area contributed by atoms with Gasteiger partial charge in [-0.1, -0.05) is 18.9 Å². The lowest BCUT2D eigenvalue weighted by Crippen LogP contribution is -2.38. The average molecular weight is 384 g/mol. The summed E-state index contributed by atoms with van der Waals surface area (Å²) in [6, 6.07) is 5.71. The van der Waals surface area contributed by atoms with Gasteiger partial charge in [0, 0.05) is 26.1 Å². The smallest absolute Gasteiger partial charge is 0.191 e. The molecule has 0 aliphatic carbocycles. The molecule has 0 aliphatic heterocycles. The van der Waals surface area contributed by atoms with Gasteiger partial charge >= 0.3 is 0 Å². The lowest BCUT2D eigenvalue weighted by Gasteiger charge is -2.13. The summed E-state index contributed by atoms with van der Waals surface area (Å²) in [5, 5.41) is 14.6. The highest BCUT2D eigenvalue weighted by molar-refractivity contribution is 5.79. The third kappa shape index (κ3) is 6.20. The highest BCUT2D eigenvalue weighted by Crippen LogP contribution is 2.28. The molecule has 1 heterocycles. The number of aromatic nitrogens is 3. The highest BCUT2D eigenvalue weighted by Gasteiger charge is 2.06. The van der Waals surface area contributed by atoms with Gasteiger partial charge in [-0.2, -0.15) is 0 Å². The van der Waals surface area contributed by atoms with Crippen LogP contribution in [0.5, 0.6) is 11.5 Å². The summed E-state index contributed by atoms with van der Waals surface area (Å²) in [5.74, 6) is 5.44. The van der Waals surface area contributed by atoms with Gasteiger partial charge < -0.3 is 24.7 Å². The predicted molar refractivity (Wildman–Crippen MR) is 110 cm³/mol. The van der Waals surface area contributed by atoms with Gasteiger partial charge in [0.2, 0.25) is 0 Å². The van der Waals surface area contributed by atoms with Crippen molar-refractivity contribution in [1.29, 1.82) is 0 Å². The third-order valence-electron chi connectivity index (χ3n) is 3.96. The summed E-state index contributed by atoms with van der Waals surface area (Å²) in [7, 11) is 1.60. The van der Waals surface area contributed by atoms with Crippen LogP contribution in [0, 0.1) is 12.3 Å². The molecular weight excluding hydrogens is 356 g/mol. The number of nitrogens with one attached hydrogen (secondary N) is 2. The Kier molecular flexibility index (Phi) is 8.66. The molecule has 0 amide bonds. The Hall–Kier alpha value is -3.21. The minimum atomic E-state index is 0.191. The first-order chi connectivity index (χ1) is 13.7. The van der Waals surface area contributed by atoms with Crippen LogP contribution in [0.1, 0.15) is 25.2 Å². The number of rotatable bonds is 10. The Morgan fingerprint density at radius 1 is 1.29 bits per heavy atom. The highest BCUT2D eigenvalue weighted by atomic mass is 16.5. The van der Waals surface area contributed by atoms with E-state index in [1.807, 2.05) is 29.7 Å². The summed E-state index contributed by atoms with van der Waals surface area (Å²) >= 11 is 0. The van der Waals surface area contributed by atoms with Crippen LogP contribution >= 0.6 is 0 Å². The summed E-state index contributed by atoms with van der Waals surface area (Å²) in [6.07, 6.45) is 7.88. The number of methoxy groups -OCH3 is 1. The van der Waals surface area contributed by atoms with Gasteiger partial charge in [0.1, 0.15) is 18.8 Å². The SMILES string of the molecule is C#CCOc1cc(CN=C(NCC)NCCn2cnnc2CC)ccc1OC. The zero-order valence-electron chi connectivity index (χ0n) is 16.7. The molecule has 0 unspecified atom stereocenters. The largest absolute Gasteiger partial charge is 0.493 e. The molecule has 2 aromatic rings. The first kappa shape index (κ1) is 21.1. The van der Waals surface area contributed by atoms with Crippen LogP contribution in [0.15, 0.2) is 29.5 Å². The fourth-order valence-corrected chi connectivity index (χ4v) is 2.60. The normalized spacial score (nSPS) is 11.0. The van der Waals surface area contributed by atoms with E-state index in [-0.39, 0.29) is 6.61 Å². The van der Waals surface area contributed by atoms with Crippen molar-refractivity contribution >= 4 is 5.96 Å². The lowest BCUT2D eigenvalue weighted by atomic mass is 10.2. The Morgan fingerprint density at radius 3 is 2.86 bits per heavy atom. The molecule has 0 saturated heterocycles. The number of hydrogen-bond acceptors (Lipinski definition) is 5. The Bertz CT molecular complexity index is 809. The number of aliphatic imine (C=N–C) groups is 1. The number of aryl methyl sites for hydroxylation is 1. The van der Waals surface area contributed by atoms with E-state index in [0.717, 1.165) is 43.4 Å². The van der Waals surface area contributed by atoms with E-state index in [2.05, 4.69) is 38.7 Å². The maximum Gasteiger partial charge on any atom is 0.191 e. The van der Waals surface area contributed by atoms with Crippen LogP contribution in [-0.2, 0) is 19.5 Å². The molecule has 0 bridgehead atoms. The maximum atomic E-state index is 5.54. The molecule has 8 heteroatoms. The lowest BCUT2D eigenvalue weighted by molar-refractivity contribution is 0.330. The molecule has 0 aliphatic rings. The van der Waals surface area contributed by atoms with Crippen molar-refractivity contribution in [2.75, 3.05) is 26.8 Å². The van der Waals surface area contributed by atoms with Crippen molar-refractivity contribution in [2.24, 2.45) is 4.99 Å². The van der Waals surface area contributed by atoms with Gasteiger partial charge in [0.25, 0.3) is 0 Å². The molecule has 0 spiro atoms.